The van der Waals surface area contributed by atoms with Gasteiger partial charge in [-0.05, 0) is 23.9 Å². The van der Waals surface area contributed by atoms with Crippen molar-refractivity contribution in [1.82, 2.24) is 9.38 Å². The lowest BCUT2D eigenvalue weighted by Gasteiger charge is -2.05. The van der Waals surface area contributed by atoms with Gasteiger partial charge in [-0.15, -0.1) is 0 Å². The van der Waals surface area contributed by atoms with Gasteiger partial charge in [-0.2, -0.15) is 0 Å². The molecule has 2 heterocycles. The quantitative estimate of drug-likeness (QED) is 0.476. The van der Waals surface area contributed by atoms with Crippen LogP contribution in [-0.4, -0.2) is 9.38 Å². The lowest BCUT2D eigenvalue weighted by molar-refractivity contribution is 1.12. The fourth-order valence-corrected chi connectivity index (χ4v) is 3.00. The summed E-state index contributed by atoms with van der Waals surface area (Å²) in [7, 11) is 0. The zero-order chi connectivity index (χ0) is 18.5. The summed E-state index contributed by atoms with van der Waals surface area (Å²) in [5.41, 5.74) is 3.70. The molecule has 0 radical (unpaired) electrons. The highest BCUT2D eigenvalue weighted by Crippen LogP contribution is 2.30. The fraction of sp³-hybridized carbons (Fsp3) is 0.0417. The Kier molecular flexibility index (Phi) is 5.14. The van der Waals surface area contributed by atoms with Crippen LogP contribution in [0.3, 0.4) is 0 Å². The highest BCUT2D eigenvalue weighted by Gasteiger charge is 2.16. The summed E-state index contributed by atoms with van der Waals surface area (Å²) in [5, 5.41) is 2.32. The topological polar surface area (TPSA) is 17.3 Å². The molecule has 0 atom stereocenters. The summed E-state index contributed by atoms with van der Waals surface area (Å²) in [6.45, 7) is 13.9. The van der Waals surface area contributed by atoms with Gasteiger partial charge >= 0.3 is 0 Å². The molecule has 0 amide bonds. The molecular weight excluding hydrogens is 316 g/mol. The summed E-state index contributed by atoms with van der Waals surface area (Å²) >= 11 is 0. The molecule has 0 aliphatic heterocycles. The van der Waals surface area contributed by atoms with E-state index in [9.17, 15) is 0 Å². The van der Waals surface area contributed by atoms with Crippen LogP contribution >= 0.6 is 0 Å². The first-order valence-electron chi connectivity index (χ1n) is 8.55. The Labute approximate surface area is 154 Å². The molecule has 0 saturated heterocycles. The van der Waals surface area contributed by atoms with Gasteiger partial charge in [0, 0.05) is 17.2 Å². The average molecular weight is 338 g/mol. The third-order valence-corrected chi connectivity index (χ3v) is 4.21. The molecule has 1 aromatic carbocycles. The Morgan fingerprint density at radius 3 is 2.65 bits per heavy atom. The van der Waals surface area contributed by atoms with Crippen molar-refractivity contribution in [1.29, 1.82) is 0 Å². The summed E-state index contributed by atoms with van der Waals surface area (Å²) in [4.78, 5) is 4.91. The molecule has 2 aromatic heterocycles. The summed E-state index contributed by atoms with van der Waals surface area (Å²) < 4.78 is 2.10. The molecule has 0 saturated carbocycles. The van der Waals surface area contributed by atoms with Crippen molar-refractivity contribution < 1.29 is 0 Å². The molecule has 2 nitrogen and oxygen atoms in total. The summed E-state index contributed by atoms with van der Waals surface area (Å²) in [6, 6.07) is 10.4. The van der Waals surface area contributed by atoms with E-state index < -0.39 is 0 Å². The fourth-order valence-electron chi connectivity index (χ4n) is 3.00. The van der Waals surface area contributed by atoms with E-state index >= 15 is 0 Å². The highest BCUT2D eigenvalue weighted by atomic mass is 15.0. The maximum absolute atomic E-state index is 4.91. The Bertz CT molecular complexity index is 1090. The van der Waals surface area contributed by atoms with Crippen LogP contribution in [0.2, 0.25) is 0 Å². The number of nitrogens with zero attached hydrogens (tertiary/aromatic N) is 2. The zero-order valence-corrected chi connectivity index (χ0v) is 15.0. The minimum Gasteiger partial charge on any atom is -0.298 e. The second-order valence-electron chi connectivity index (χ2n) is 5.88. The number of pyridine rings is 1. The lowest BCUT2D eigenvalue weighted by atomic mass is 10.1. The third-order valence-electron chi connectivity index (χ3n) is 4.21. The van der Waals surface area contributed by atoms with Crippen LogP contribution in [0.1, 0.15) is 18.4 Å². The van der Waals surface area contributed by atoms with Crippen molar-refractivity contribution in [2.45, 2.75) is 6.92 Å². The second-order valence-corrected chi connectivity index (χ2v) is 5.88. The molecule has 0 N–H and O–H groups in total. The van der Waals surface area contributed by atoms with Gasteiger partial charge in [-0.25, -0.2) is 4.98 Å². The Morgan fingerprint density at radius 1 is 1.12 bits per heavy atom. The predicted octanol–water partition coefficient (Wildman–Crippen LogP) is 6.39. The van der Waals surface area contributed by atoms with Gasteiger partial charge < -0.3 is 0 Å². The van der Waals surface area contributed by atoms with Crippen LogP contribution in [0.15, 0.2) is 98.8 Å². The Hall–Kier alpha value is -3.39. The Balaban J connectivity index is 2.36. The molecule has 26 heavy (non-hydrogen) atoms. The minimum atomic E-state index is 0.830. The van der Waals surface area contributed by atoms with E-state index in [2.05, 4.69) is 42.3 Å². The standard InChI is InChI=1S/C24H22N2/c1-5-8-9-13-18(4)22-23-21-15-11-10-14-20(21)16-17-26(23)24(25-22)19(7-3)12-6-2/h5-17H,2-4H2,1H3/b8-5-,13-9-,19-12+. The molecule has 0 aliphatic rings. The number of aromatic nitrogens is 2. The van der Waals surface area contributed by atoms with Crippen LogP contribution in [-0.2, 0) is 0 Å². The first-order chi connectivity index (χ1) is 12.7. The molecule has 0 fully saturated rings. The lowest BCUT2D eigenvalue weighted by Crippen LogP contribution is -1.92. The van der Waals surface area contributed by atoms with Gasteiger partial charge in [0.15, 0.2) is 0 Å². The number of benzene rings is 1. The third kappa shape index (κ3) is 3.09. The van der Waals surface area contributed by atoms with Crippen molar-refractivity contribution in [3.05, 3.63) is 110 Å². The van der Waals surface area contributed by atoms with E-state index in [4.69, 9.17) is 4.98 Å². The van der Waals surface area contributed by atoms with Gasteiger partial charge in [0.1, 0.15) is 5.82 Å². The molecule has 0 aliphatic carbocycles. The zero-order valence-electron chi connectivity index (χ0n) is 15.0. The van der Waals surface area contributed by atoms with Crippen LogP contribution in [0.5, 0.6) is 0 Å². The van der Waals surface area contributed by atoms with Crippen molar-refractivity contribution >= 4 is 27.4 Å². The van der Waals surface area contributed by atoms with Gasteiger partial charge in [0.25, 0.3) is 0 Å². The highest BCUT2D eigenvalue weighted by molar-refractivity contribution is 6.02. The average Bonchev–Trinajstić information content (AvgIpc) is 3.06. The second kappa shape index (κ2) is 7.66. The van der Waals surface area contributed by atoms with Crippen molar-refractivity contribution in [2.75, 3.05) is 0 Å². The minimum absolute atomic E-state index is 0.830. The monoisotopic (exact) mass is 338 g/mol. The number of imidazole rings is 1. The maximum Gasteiger partial charge on any atom is 0.145 e. The van der Waals surface area contributed by atoms with Crippen LogP contribution < -0.4 is 0 Å². The van der Waals surface area contributed by atoms with Crippen molar-refractivity contribution in [3.63, 3.8) is 0 Å². The molecular formula is C24H22N2. The number of hydrogen-bond acceptors (Lipinski definition) is 1. The normalized spacial score (nSPS) is 12.4. The SMILES string of the molecule is C=C/C=C(\C=C)c1nc(C(=C)/C=C\C=C/C)c2c3ccccc3ccn12. The maximum atomic E-state index is 4.91. The summed E-state index contributed by atoms with van der Waals surface area (Å²) in [6.07, 6.45) is 15.4. The van der Waals surface area contributed by atoms with Crippen LogP contribution in [0.25, 0.3) is 27.4 Å². The van der Waals surface area contributed by atoms with E-state index in [1.165, 1.54) is 5.39 Å². The van der Waals surface area contributed by atoms with Gasteiger partial charge in [0.05, 0.1) is 11.2 Å². The van der Waals surface area contributed by atoms with E-state index in [1.807, 2.05) is 55.6 Å². The molecule has 2 heteroatoms. The molecule has 0 bridgehead atoms. The number of fused-ring (bicyclic) bond motifs is 3. The van der Waals surface area contributed by atoms with E-state index in [0.717, 1.165) is 33.6 Å². The largest absolute Gasteiger partial charge is 0.298 e. The first-order valence-corrected chi connectivity index (χ1v) is 8.55. The smallest absolute Gasteiger partial charge is 0.145 e. The van der Waals surface area contributed by atoms with Gasteiger partial charge in [-0.3, -0.25) is 4.40 Å². The number of rotatable bonds is 6. The van der Waals surface area contributed by atoms with E-state index in [0.29, 0.717) is 0 Å². The molecule has 0 unspecified atom stereocenters. The molecule has 3 aromatic rings. The number of allylic oxidation sites excluding steroid dienone is 9. The molecule has 3 rings (SSSR count). The summed E-state index contributed by atoms with van der Waals surface area (Å²) in [5.74, 6) is 0.830. The van der Waals surface area contributed by atoms with Crippen LogP contribution in [0.4, 0.5) is 0 Å². The number of hydrogen-bond donors (Lipinski definition) is 0. The molecule has 128 valence electrons. The van der Waals surface area contributed by atoms with Crippen molar-refractivity contribution in [2.24, 2.45) is 0 Å². The van der Waals surface area contributed by atoms with E-state index in [-0.39, 0.29) is 0 Å². The molecule has 0 spiro atoms. The first kappa shape index (κ1) is 17.4. The van der Waals surface area contributed by atoms with Gasteiger partial charge in [0.2, 0.25) is 0 Å². The van der Waals surface area contributed by atoms with Crippen molar-refractivity contribution in [3.8, 4) is 0 Å². The Morgan fingerprint density at radius 2 is 1.92 bits per heavy atom. The van der Waals surface area contributed by atoms with Crippen LogP contribution in [0, 0.1) is 0 Å². The predicted molar refractivity (Wildman–Crippen MR) is 114 cm³/mol. The van der Waals surface area contributed by atoms with Gasteiger partial charge in [-0.1, -0.05) is 86.5 Å². The van der Waals surface area contributed by atoms with E-state index in [1.54, 1.807) is 12.2 Å².